The summed E-state index contributed by atoms with van der Waals surface area (Å²) in [5, 5.41) is 1.67. The zero-order chi connectivity index (χ0) is 17.7. The van der Waals surface area contributed by atoms with Gasteiger partial charge in [0.25, 0.3) is 0 Å². The minimum absolute atomic E-state index is 0.0000683. The summed E-state index contributed by atoms with van der Waals surface area (Å²) in [6, 6.07) is 7.69. The van der Waals surface area contributed by atoms with Gasteiger partial charge in [0, 0.05) is 31.3 Å². The molecule has 0 bridgehead atoms. The third kappa shape index (κ3) is 4.19. The number of fused-ring (bicyclic) bond motifs is 1. The molecule has 0 amide bonds. The van der Waals surface area contributed by atoms with Crippen LogP contribution in [0, 0.1) is 5.92 Å². The minimum Gasteiger partial charge on any atom is -0.492 e. The number of carbonyl (C=O) groups excluding carboxylic acids is 1. The van der Waals surface area contributed by atoms with Crippen LogP contribution < -0.4 is 4.74 Å². The summed E-state index contributed by atoms with van der Waals surface area (Å²) in [5.41, 5.74) is 0.785. The van der Waals surface area contributed by atoms with Gasteiger partial charge in [-0.3, -0.25) is 4.79 Å². The molecule has 0 N–H and O–H groups in total. The van der Waals surface area contributed by atoms with Crippen LogP contribution in [0.4, 0.5) is 0 Å². The van der Waals surface area contributed by atoms with Gasteiger partial charge in [-0.2, -0.15) is 11.8 Å². The fourth-order valence-electron chi connectivity index (χ4n) is 3.70. The SMILES string of the molecule is CC(C)(SC(=O)c1ccc(OCC2CS2)cc1)C1CCC2(C)SC2C1. The van der Waals surface area contributed by atoms with Crippen LogP contribution >= 0.6 is 35.3 Å². The first-order valence-electron chi connectivity index (χ1n) is 9.11. The summed E-state index contributed by atoms with van der Waals surface area (Å²) in [4.78, 5) is 12.8. The first-order chi connectivity index (χ1) is 11.9. The molecule has 1 aliphatic carbocycles. The van der Waals surface area contributed by atoms with Gasteiger partial charge in [-0.05, 0) is 70.2 Å². The molecule has 25 heavy (non-hydrogen) atoms. The first-order valence-corrected chi connectivity index (χ1v) is 11.9. The van der Waals surface area contributed by atoms with E-state index in [1.807, 2.05) is 36.0 Å². The van der Waals surface area contributed by atoms with Gasteiger partial charge in [0.1, 0.15) is 12.4 Å². The topological polar surface area (TPSA) is 26.3 Å². The molecule has 3 aliphatic rings. The van der Waals surface area contributed by atoms with Gasteiger partial charge in [0.05, 0.1) is 0 Å². The molecule has 0 aromatic heterocycles. The zero-order valence-corrected chi connectivity index (χ0v) is 17.6. The Kier molecular flexibility index (Phi) is 4.87. The van der Waals surface area contributed by atoms with E-state index < -0.39 is 0 Å². The van der Waals surface area contributed by atoms with Gasteiger partial charge in [0.15, 0.2) is 0 Å². The lowest BCUT2D eigenvalue weighted by Crippen LogP contribution is -2.35. The van der Waals surface area contributed by atoms with E-state index in [1.165, 1.54) is 36.8 Å². The van der Waals surface area contributed by atoms with Crippen LogP contribution in [0.15, 0.2) is 24.3 Å². The van der Waals surface area contributed by atoms with Crippen LogP contribution in [0.2, 0.25) is 0 Å². The highest BCUT2D eigenvalue weighted by Gasteiger charge is 2.56. The highest BCUT2D eigenvalue weighted by atomic mass is 32.2. The van der Waals surface area contributed by atoms with E-state index in [1.54, 1.807) is 0 Å². The fourth-order valence-corrected chi connectivity index (χ4v) is 6.57. The summed E-state index contributed by atoms with van der Waals surface area (Å²) in [6.45, 7) is 7.68. The monoisotopic (exact) mass is 394 g/mol. The van der Waals surface area contributed by atoms with Crippen molar-refractivity contribution < 1.29 is 9.53 Å². The van der Waals surface area contributed by atoms with Crippen molar-refractivity contribution in [3.63, 3.8) is 0 Å². The van der Waals surface area contributed by atoms with Crippen LogP contribution in [-0.4, -0.2) is 37.5 Å². The second-order valence-corrected chi connectivity index (χ2v) is 12.9. The maximum Gasteiger partial charge on any atom is 0.219 e. The Bertz CT molecular complexity index is 653. The molecular formula is C20H26O2S3. The number of hydrogen-bond acceptors (Lipinski definition) is 5. The van der Waals surface area contributed by atoms with Crippen LogP contribution in [0.3, 0.4) is 0 Å². The average molecular weight is 395 g/mol. The number of rotatable bonds is 6. The molecule has 2 nitrogen and oxygen atoms in total. The third-order valence-electron chi connectivity index (χ3n) is 5.79. The Labute approximate surface area is 163 Å². The van der Waals surface area contributed by atoms with E-state index in [9.17, 15) is 4.79 Å². The maximum atomic E-state index is 12.8. The zero-order valence-electron chi connectivity index (χ0n) is 15.1. The Morgan fingerprint density at radius 1 is 1.36 bits per heavy atom. The first kappa shape index (κ1) is 18.1. The molecule has 5 heteroatoms. The lowest BCUT2D eigenvalue weighted by Gasteiger charge is -2.36. The number of thioether (sulfide) groups is 3. The van der Waals surface area contributed by atoms with Crippen molar-refractivity contribution >= 4 is 40.4 Å². The van der Waals surface area contributed by atoms with Gasteiger partial charge in [-0.1, -0.05) is 11.8 Å². The van der Waals surface area contributed by atoms with Crippen molar-refractivity contribution in [1.29, 1.82) is 0 Å². The van der Waals surface area contributed by atoms with E-state index >= 15 is 0 Å². The molecule has 4 atom stereocenters. The van der Waals surface area contributed by atoms with Gasteiger partial charge in [0.2, 0.25) is 5.12 Å². The lowest BCUT2D eigenvalue weighted by atomic mass is 9.77. The van der Waals surface area contributed by atoms with E-state index in [2.05, 4.69) is 32.5 Å². The molecule has 4 unspecified atom stereocenters. The largest absolute Gasteiger partial charge is 0.492 e. The summed E-state index contributed by atoms with van der Waals surface area (Å²) >= 11 is 5.60. The predicted molar refractivity (Wildman–Crippen MR) is 111 cm³/mol. The highest BCUT2D eigenvalue weighted by molar-refractivity contribution is 8.15. The van der Waals surface area contributed by atoms with Gasteiger partial charge < -0.3 is 4.74 Å². The van der Waals surface area contributed by atoms with Gasteiger partial charge >= 0.3 is 0 Å². The minimum atomic E-state index is -0.0000683. The Morgan fingerprint density at radius 2 is 2.08 bits per heavy atom. The summed E-state index contributed by atoms with van der Waals surface area (Å²) in [5.74, 6) is 2.71. The molecule has 0 spiro atoms. The molecule has 1 aromatic carbocycles. The quantitative estimate of drug-likeness (QED) is 0.593. The Hall–Kier alpha value is -0.260. The molecule has 1 aromatic rings. The molecule has 4 rings (SSSR count). The Balaban J connectivity index is 1.33. The summed E-state index contributed by atoms with van der Waals surface area (Å²) < 4.78 is 6.30. The van der Waals surface area contributed by atoms with E-state index in [0.29, 0.717) is 15.9 Å². The van der Waals surface area contributed by atoms with Crippen LogP contribution in [0.25, 0.3) is 0 Å². The van der Waals surface area contributed by atoms with Gasteiger partial charge in [-0.15, -0.1) is 11.8 Å². The molecule has 3 fully saturated rings. The van der Waals surface area contributed by atoms with E-state index in [4.69, 9.17) is 4.74 Å². The number of hydrogen-bond donors (Lipinski definition) is 0. The molecule has 2 heterocycles. The third-order valence-corrected chi connectivity index (χ3v) is 9.78. The second kappa shape index (κ2) is 6.72. The van der Waals surface area contributed by atoms with Gasteiger partial charge in [-0.25, -0.2) is 0 Å². The molecule has 1 saturated carbocycles. The molecule has 0 radical (unpaired) electrons. The number of carbonyl (C=O) groups is 1. The molecular weight excluding hydrogens is 368 g/mol. The predicted octanol–water partition coefficient (Wildman–Crippen LogP) is 5.51. The van der Waals surface area contributed by atoms with Crippen molar-refractivity contribution in [3.05, 3.63) is 29.8 Å². The van der Waals surface area contributed by atoms with Crippen molar-refractivity contribution in [2.24, 2.45) is 5.92 Å². The van der Waals surface area contributed by atoms with E-state index in [-0.39, 0.29) is 9.86 Å². The highest BCUT2D eigenvalue weighted by Crippen LogP contribution is 2.64. The van der Waals surface area contributed by atoms with Crippen molar-refractivity contribution in [2.75, 3.05) is 12.4 Å². The number of ether oxygens (including phenoxy) is 1. The molecule has 136 valence electrons. The van der Waals surface area contributed by atoms with Crippen LogP contribution in [0.1, 0.15) is 50.4 Å². The molecule has 2 saturated heterocycles. The van der Waals surface area contributed by atoms with E-state index in [0.717, 1.165) is 23.2 Å². The molecule has 2 aliphatic heterocycles. The summed E-state index contributed by atoms with van der Waals surface area (Å²) in [7, 11) is 0. The van der Waals surface area contributed by atoms with Crippen LogP contribution in [-0.2, 0) is 0 Å². The Morgan fingerprint density at radius 3 is 2.72 bits per heavy atom. The summed E-state index contributed by atoms with van der Waals surface area (Å²) in [6.07, 6.45) is 3.82. The average Bonchev–Trinajstić information content (AvgIpc) is 3.47. The second-order valence-electron chi connectivity index (χ2n) is 8.17. The lowest BCUT2D eigenvalue weighted by molar-refractivity contribution is 0.108. The normalized spacial score (nSPS) is 33.5. The van der Waals surface area contributed by atoms with Crippen molar-refractivity contribution in [2.45, 2.75) is 60.0 Å². The maximum absolute atomic E-state index is 12.8. The van der Waals surface area contributed by atoms with Crippen molar-refractivity contribution in [3.8, 4) is 5.75 Å². The smallest absolute Gasteiger partial charge is 0.219 e. The standard InChI is InChI=1S/C20H26O2S3/c1-19(2,14-8-9-20(3)17(10-14)24-20)25-18(21)13-4-6-15(7-5-13)22-11-16-12-23-16/h4-7,14,16-17H,8-12H2,1-3H3. The van der Waals surface area contributed by atoms with Crippen molar-refractivity contribution in [1.82, 2.24) is 0 Å². The fraction of sp³-hybridized carbons (Fsp3) is 0.650. The number of benzene rings is 1. The van der Waals surface area contributed by atoms with Crippen LogP contribution in [0.5, 0.6) is 5.75 Å².